The molecule has 0 spiro atoms. The van der Waals surface area contributed by atoms with Crippen LogP contribution >= 0.6 is 0 Å². The first-order valence-corrected chi connectivity index (χ1v) is 38.4. The summed E-state index contributed by atoms with van der Waals surface area (Å²) in [4.78, 5) is 29.5. The highest BCUT2D eigenvalue weighted by Crippen LogP contribution is 2.47. The van der Waals surface area contributed by atoms with Crippen LogP contribution in [0.4, 0.5) is 22.7 Å². The van der Waals surface area contributed by atoms with Crippen LogP contribution in [0, 0.1) is 0 Å². The minimum absolute atomic E-state index is 0.00827. The molecule has 0 aromatic heterocycles. The molecule has 10 aromatic carbocycles. The number of ether oxygens (including phenoxy) is 4. The molecular formula is C92H106N4O6. The number of nitrogens with zero attached hydrogens (tertiary/aromatic N) is 4. The number of esters is 2. The zero-order chi connectivity index (χ0) is 71.1. The molecule has 0 heterocycles. The highest BCUT2D eigenvalue weighted by Gasteiger charge is 2.25. The van der Waals surface area contributed by atoms with Crippen LogP contribution in [0.15, 0.2) is 227 Å². The second-order valence-electron chi connectivity index (χ2n) is 27.7. The number of carbonyl (C=O) groups excluding carboxylic acids is 2. The van der Waals surface area contributed by atoms with Crippen LogP contribution in [0.3, 0.4) is 0 Å². The molecule has 0 saturated heterocycles. The molecule has 10 heteroatoms. The van der Waals surface area contributed by atoms with Gasteiger partial charge in [-0.25, -0.2) is 9.59 Å². The molecule has 0 saturated carbocycles. The highest BCUT2D eigenvalue weighted by molar-refractivity contribution is 6.12. The van der Waals surface area contributed by atoms with Gasteiger partial charge >= 0.3 is 11.9 Å². The smallest absolute Gasteiger partial charge is 0.343 e. The van der Waals surface area contributed by atoms with Gasteiger partial charge in [-0.3, -0.25) is 0 Å². The van der Waals surface area contributed by atoms with Gasteiger partial charge < -0.3 is 18.9 Å². The molecule has 0 fully saturated rings. The first-order valence-electron chi connectivity index (χ1n) is 38.4. The molecule has 10 nitrogen and oxygen atoms in total. The number of hydrogen-bond donors (Lipinski definition) is 0. The lowest BCUT2D eigenvalue weighted by Gasteiger charge is -2.20. The minimum Gasteiger partial charge on any atom is -0.491 e. The molecule has 0 unspecified atom stereocenters. The van der Waals surface area contributed by atoms with E-state index < -0.39 is 11.9 Å². The predicted molar refractivity (Wildman–Crippen MR) is 423 cm³/mol. The Morgan fingerprint density at radius 3 is 0.941 bits per heavy atom. The molecule has 0 bridgehead atoms. The maximum atomic E-state index is 14.7. The lowest BCUT2D eigenvalue weighted by atomic mass is 9.92. The maximum absolute atomic E-state index is 14.7. The van der Waals surface area contributed by atoms with Crippen molar-refractivity contribution in [2.45, 2.75) is 221 Å². The molecular weight excluding hydrogens is 1260 g/mol. The zero-order valence-corrected chi connectivity index (χ0v) is 61.4. The average Bonchev–Trinajstić information content (AvgIpc) is 0.746. The standard InChI is InChI=1S/C92H106N4O6/c1-7-11-15-19-23-27-31-69-33-51-79(52-34-69)93-95-81-55-45-73(46-56-81)71-37-41-75(42-38-71)91(97)101-87-63-49-77-65-83(99-67(5)29-25-21-17-13-9-3)59-61-85(77)89(87)90-86-62-60-84(100-68(6)30-26-22-18-14-10-4)66-78(86)50-64-88(90)102-92(98)76-43-39-72(40-44-76)74-47-57-82(58-48-74)96-94-80-53-35-70(36-54-80)32-28-24-20-16-12-8-2/h33-68H,7-32H2,1-6H3/t67-,68+. The van der Waals surface area contributed by atoms with E-state index in [1.54, 1.807) is 24.3 Å². The SMILES string of the molecule is CCCCCCCCc1ccc(N=Nc2ccc(-c3ccc(C(=O)Oc4ccc5cc(O[C@H](C)CCCCCCC)ccc5c4-c4c(OC(=O)c5ccc(-c6ccc(N=Nc7ccc(CCCCCCCC)cc7)cc6)cc5)ccc5cc(O[C@@H](C)CCCCCCC)ccc45)cc3)cc2)cc1. The van der Waals surface area contributed by atoms with Crippen molar-refractivity contribution in [1.82, 2.24) is 0 Å². The number of carbonyl (C=O) groups is 2. The minimum atomic E-state index is -0.544. The second-order valence-corrected chi connectivity index (χ2v) is 27.7. The largest absolute Gasteiger partial charge is 0.491 e. The van der Waals surface area contributed by atoms with Crippen molar-refractivity contribution in [3.05, 3.63) is 229 Å². The zero-order valence-electron chi connectivity index (χ0n) is 61.4. The van der Waals surface area contributed by atoms with E-state index in [9.17, 15) is 9.59 Å². The van der Waals surface area contributed by atoms with E-state index in [-0.39, 0.29) is 12.2 Å². The maximum Gasteiger partial charge on any atom is 0.343 e. The van der Waals surface area contributed by atoms with Crippen LogP contribution in [-0.2, 0) is 12.8 Å². The first-order chi connectivity index (χ1) is 50.0. The molecule has 0 aliphatic carbocycles. The van der Waals surface area contributed by atoms with Crippen LogP contribution in [0.1, 0.15) is 227 Å². The molecule has 102 heavy (non-hydrogen) atoms. The molecule has 2 atom stereocenters. The Labute approximate surface area is 607 Å². The molecule has 0 aliphatic heterocycles. The fraction of sp³-hybridized carbons (Fsp3) is 0.370. The quantitative estimate of drug-likeness (QED) is 0.0163. The molecule has 10 rings (SSSR count). The third kappa shape index (κ3) is 22.7. The number of fused-ring (bicyclic) bond motifs is 2. The van der Waals surface area contributed by atoms with Gasteiger partial charge in [-0.1, -0.05) is 228 Å². The van der Waals surface area contributed by atoms with Gasteiger partial charge in [0.25, 0.3) is 0 Å². The Morgan fingerprint density at radius 2 is 0.608 bits per heavy atom. The van der Waals surface area contributed by atoms with Gasteiger partial charge in [-0.15, -0.1) is 0 Å². The Morgan fingerprint density at radius 1 is 0.314 bits per heavy atom. The van der Waals surface area contributed by atoms with Crippen LogP contribution in [0.5, 0.6) is 23.0 Å². The molecule has 0 amide bonds. The van der Waals surface area contributed by atoms with E-state index >= 15 is 0 Å². The van der Waals surface area contributed by atoms with Gasteiger partial charge in [0.2, 0.25) is 0 Å². The van der Waals surface area contributed by atoms with Crippen molar-refractivity contribution in [3.63, 3.8) is 0 Å². The fourth-order valence-electron chi connectivity index (χ4n) is 13.3. The van der Waals surface area contributed by atoms with Gasteiger partial charge in [-0.05, 0) is 241 Å². The summed E-state index contributed by atoms with van der Waals surface area (Å²) in [6.45, 7) is 13.2. The summed E-state index contributed by atoms with van der Waals surface area (Å²) in [7, 11) is 0. The van der Waals surface area contributed by atoms with Gasteiger partial charge in [-0.2, -0.15) is 20.5 Å². The van der Waals surface area contributed by atoms with Crippen molar-refractivity contribution in [3.8, 4) is 56.4 Å². The van der Waals surface area contributed by atoms with Crippen molar-refractivity contribution < 1.29 is 28.5 Å². The predicted octanol–water partition coefficient (Wildman–Crippen LogP) is 28.3. The van der Waals surface area contributed by atoms with Gasteiger partial charge in [0.15, 0.2) is 0 Å². The van der Waals surface area contributed by atoms with Crippen LogP contribution < -0.4 is 18.9 Å². The number of rotatable bonds is 41. The van der Waals surface area contributed by atoms with Crippen molar-refractivity contribution in [1.29, 1.82) is 0 Å². The summed E-state index contributed by atoms with van der Waals surface area (Å²) in [5.74, 6) is 0.986. The highest BCUT2D eigenvalue weighted by atomic mass is 16.5. The summed E-state index contributed by atoms with van der Waals surface area (Å²) in [5.41, 5.74) is 11.5. The Kier molecular flexibility index (Phi) is 29.6. The van der Waals surface area contributed by atoms with Crippen LogP contribution in [0.2, 0.25) is 0 Å². The third-order valence-corrected chi connectivity index (χ3v) is 19.4. The number of azo groups is 2. The van der Waals surface area contributed by atoms with Crippen molar-refractivity contribution in [2.24, 2.45) is 20.5 Å². The van der Waals surface area contributed by atoms with Crippen LogP contribution in [0.25, 0.3) is 54.9 Å². The Bertz CT molecular complexity index is 4000. The molecule has 0 radical (unpaired) electrons. The topological polar surface area (TPSA) is 121 Å². The first kappa shape index (κ1) is 75.1. The van der Waals surface area contributed by atoms with Crippen molar-refractivity contribution in [2.75, 3.05) is 0 Å². The van der Waals surface area contributed by atoms with E-state index in [0.29, 0.717) is 33.8 Å². The molecule has 10 aromatic rings. The number of unbranched alkanes of at least 4 members (excludes halogenated alkanes) is 18. The number of hydrogen-bond acceptors (Lipinski definition) is 10. The average molecular weight is 1360 g/mol. The van der Waals surface area contributed by atoms with Crippen molar-refractivity contribution >= 4 is 56.2 Å². The summed E-state index contributed by atoms with van der Waals surface area (Å²) < 4.78 is 26.4. The lowest BCUT2D eigenvalue weighted by molar-refractivity contribution is 0.0723. The third-order valence-electron chi connectivity index (χ3n) is 19.4. The van der Waals surface area contributed by atoms with E-state index in [0.717, 1.165) is 117 Å². The summed E-state index contributed by atoms with van der Waals surface area (Å²) in [5, 5.41) is 21.4. The second kappa shape index (κ2) is 40.2. The van der Waals surface area contributed by atoms with Gasteiger partial charge in [0.05, 0.1) is 46.1 Å². The summed E-state index contributed by atoms with van der Waals surface area (Å²) in [6.07, 6.45) is 31.4. The number of aryl methyl sites for hydroxylation is 2. The van der Waals surface area contributed by atoms with E-state index in [4.69, 9.17) is 18.9 Å². The Hall–Kier alpha value is -9.54. The summed E-state index contributed by atoms with van der Waals surface area (Å²) in [6, 6.07) is 67.2. The monoisotopic (exact) mass is 1360 g/mol. The molecule has 0 aliphatic rings. The molecule has 0 N–H and O–H groups in total. The van der Waals surface area contributed by atoms with Gasteiger partial charge in [0.1, 0.15) is 23.0 Å². The van der Waals surface area contributed by atoms with Gasteiger partial charge in [0, 0.05) is 11.1 Å². The van der Waals surface area contributed by atoms with E-state index in [1.807, 2.05) is 158 Å². The lowest BCUT2D eigenvalue weighted by Crippen LogP contribution is -2.12. The van der Waals surface area contributed by atoms with E-state index in [1.165, 1.54) is 140 Å². The number of benzene rings is 10. The van der Waals surface area contributed by atoms with E-state index in [2.05, 4.69) is 86.3 Å². The Balaban J connectivity index is 0.908. The molecule has 530 valence electrons. The van der Waals surface area contributed by atoms with Crippen LogP contribution in [-0.4, -0.2) is 24.1 Å². The fourth-order valence-corrected chi connectivity index (χ4v) is 13.3. The normalized spacial score (nSPS) is 12.2. The summed E-state index contributed by atoms with van der Waals surface area (Å²) >= 11 is 0.